The van der Waals surface area contributed by atoms with E-state index in [1.165, 1.54) is 27.2 Å². The first-order chi connectivity index (χ1) is 7.10. The van der Waals surface area contributed by atoms with E-state index in [0.29, 0.717) is 17.1 Å². The van der Waals surface area contributed by atoms with Crippen LogP contribution in [-0.2, 0) is 0 Å². The number of ether oxygens (including phenoxy) is 2. The summed E-state index contributed by atoms with van der Waals surface area (Å²) < 4.78 is 34.9. The van der Waals surface area contributed by atoms with Crippen LogP contribution >= 0.6 is 0 Å². The third kappa shape index (κ3) is 2.46. The molecule has 0 atom stereocenters. The van der Waals surface area contributed by atoms with Crippen LogP contribution in [0.4, 0.5) is 8.78 Å². The lowest BCUT2D eigenvalue weighted by Crippen LogP contribution is -1.92. The van der Waals surface area contributed by atoms with Crippen molar-refractivity contribution in [3.63, 3.8) is 0 Å². The summed E-state index contributed by atoms with van der Waals surface area (Å²) in [7, 11) is 2.92. The smallest absolute Gasteiger partial charge is 0.273 e. The summed E-state index contributed by atoms with van der Waals surface area (Å²) >= 11 is 0. The zero-order chi connectivity index (χ0) is 11.4. The van der Waals surface area contributed by atoms with Crippen LogP contribution in [-0.4, -0.2) is 14.2 Å². The Morgan fingerprint density at radius 2 is 1.80 bits per heavy atom. The van der Waals surface area contributed by atoms with Gasteiger partial charge in [0.05, 0.1) is 14.2 Å². The average Bonchev–Trinajstić information content (AvgIpc) is 2.27. The molecule has 0 saturated heterocycles. The highest BCUT2D eigenvalue weighted by atomic mass is 19.3. The molecule has 0 aliphatic heterocycles. The second-order valence-corrected chi connectivity index (χ2v) is 2.95. The molecule has 0 heterocycles. The molecular weight excluding hydrogens is 202 g/mol. The Bertz CT molecular complexity index is 382. The van der Waals surface area contributed by atoms with Crippen LogP contribution in [0, 0.1) is 0 Å². The molecule has 0 N–H and O–H groups in total. The van der Waals surface area contributed by atoms with Crippen molar-refractivity contribution < 1.29 is 18.3 Å². The number of halogens is 2. The van der Waals surface area contributed by atoms with E-state index in [0.717, 1.165) is 0 Å². The summed E-state index contributed by atoms with van der Waals surface area (Å²) in [4.78, 5) is 0. The lowest BCUT2D eigenvalue weighted by atomic mass is 10.1. The van der Waals surface area contributed by atoms with Gasteiger partial charge in [-0.15, -0.1) is 0 Å². The first-order valence-electron chi connectivity index (χ1n) is 4.34. The van der Waals surface area contributed by atoms with Crippen molar-refractivity contribution in [1.82, 2.24) is 0 Å². The van der Waals surface area contributed by atoms with Crippen LogP contribution in [0.15, 0.2) is 24.3 Å². The Hall–Kier alpha value is -1.58. The molecule has 82 valence electrons. The maximum absolute atomic E-state index is 12.4. The number of methoxy groups -OCH3 is 2. The van der Waals surface area contributed by atoms with Gasteiger partial charge in [-0.25, -0.2) is 0 Å². The number of allylic oxidation sites excluding steroid dienone is 1. The van der Waals surface area contributed by atoms with Gasteiger partial charge in [0.25, 0.3) is 6.08 Å². The van der Waals surface area contributed by atoms with Gasteiger partial charge in [0.1, 0.15) is 11.5 Å². The molecule has 0 amide bonds. The molecule has 0 saturated carbocycles. The number of hydrogen-bond acceptors (Lipinski definition) is 2. The highest BCUT2D eigenvalue weighted by Crippen LogP contribution is 2.32. The number of benzene rings is 1. The van der Waals surface area contributed by atoms with E-state index in [1.807, 2.05) is 0 Å². The van der Waals surface area contributed by atoms with Crippen molar-refractivity contribution in [3.05, 3.63) is 29.8 Å². The lowest BCUT2D eigenvalue weighted by Gasteiger charge is -2.09. The molecule has 1 aromatic carbocycles. The molecule has 2 nitrogen and oxygen atoms in total. The number of rotatable bonds is 3. The molecule has 0 unspecified atom stereocenters. The van der Waals surface area contributed by atoms with Crippen molar-refractivity contribution in [3.8, 4) is 11.5 Å². The fourth-order valence-electron chi connectivity index (χ4n) is 1.21. The molecular formula is C11H12F2O2. The van der Waals surface area contributed by atoms with Gasteiger partial charge in [0, 0.05) is 11.1 Å². The van der Waals surface area contributed by atoms with Gasteiger partial charge in [-0.3, -0.25) is 0 Å². The van der Waals surface area contributed by atoms with Gasteiger partial charge in [0.15, 0.2) is 0 Å². The molecule has 0 aliphatic carbocycles. The predicted molar refractivity (Wildman–Crippen MR) is 54.4 cm³/mol. The van der Waals surface area contributed by atoms with Gasteiger partial charge >= 0.3 is 0 Å². The third-order valence-corrected chi connectivity index (χ3v) is 2.09. The van der Waals surface area contributed by atoms with Crippen molar-refractivity contribution in [2.24, 2.45) is 0 Å². The Morgan fingerprint density at radius 1 is 1.13 bits per heavy atom. The van der Waals surface area contributed by atoms with E-state index < -0.39 is 6.08 Å². The SMILES string of the molecule is COc1ccc(OC)c(C(C)=C(F)F)c1. The van der Waals surface area contributed by atoms with Crippen molar-refractivity contribution >= 4 is 5.57 Å². The van der Waals surface area contributed by atoms with Crippen LogP contribution in [0.25, 0.3) is 5.57 Å². The second-order valence-electron chi connectivity index (χ2n) is 2.95. The van der Waals surface area contributed by atoms with E-state index in [1.54, 1.807) is 12.1 Å². The van der Waals surface area contributed by atoms with Crippen LogP contribution in [0.5, 0.6) is 11.5 Å². The molecule has 0 radical (unpaired) electrons. The van der Waals surface area contributed by atoms with Crippen LogP contribution in [0.3, 0.4) is 0 Å². The summed E-state index contributed by atoms with van der Waals surface area (Å²) in [6, 6.07) is 4.78. The van der Waals surface area contributed by atoms with E-state index in [-0.39, 0.29) is 5.57 Å². The fraction of sp³-hybridized carbons (Fsp3) is 0.273. The minimum atomic E-state index is -1.72. The zero-order valence-corrected chi connectivity index (χ0v) is 8.80. The number of hydrogen-bond donors (Lipinski definition) is 0. The standard InChI is InChI=1S/C11H12F2O2/c1-7(11(12)13)9-6-8(14-2)4-5-10(9)15-3/h4-6H,1-3H3. The first-order valence-corrected chi connectivity index (χ1v) is 4.34. The molecule has 0 fully saturated rings. The Balaban J connectivity index is 3.30. The summed E-state index contributed by atoms with van der Waals surface area (Å²) in [5, 5.41) is 0. The minimum Gasteiger partial charge on any atom is -0.497 e. The normalized spacial score (nSPS) is 9.67. The van der Waals surface area contributed by atoms with Crippen LogP contribution < -0.4 is 9.47 Å². The van der Waals surface area contributed by atoms with Gasteiger partial charge in [0.2, 0.25) is 0 Å². The van der Waals surface area contributed by atoms with Gasteiger partial charge < -0.3 is 9.47 Å². The maximum Gasteiger partial charge on any atom is 0.273 e. The predicted octanol–water partition coefficient (Wildman–Crippen LogP) is 3.33. The minimum absolute atomic E-state index is 0.106. The summed E-state index contributed by atoms with van der Waals surface area (Å²) in [5.41, 5.74) is 0.239. The van der Waals surface area contributed by atoms with E-state index >= 15 is 0 Å². The van der Waals surface area contributed by atoms with Crippen LogP contribution in [0.1, 0.15) is 12.5 Å². The Kier molecular flexibility index (Phi) is 3.66. The van der Waals surface area contributed by atoms with Crippen molar-refractivity contribution in [1.29, 1.82) is 0 Å². The first kappa shape index (κ1) is 11.5. The van der Waals surface area contributed by atoms with E-state index in [9.17, 15) is 8.78 Å². The molecule has 0 bridgehead atoms. The highest BCUT2D eigenvalue weighted by molar-refractivity contribution is 5.70. The summed E-state index contributed by atoms with van der Waals surface area (Å²) in [5.74, 6) is 0.924. The third-order valence-electron chi connectivity index (χ3n) is 2.09. The monoisotopic (exact) mass is 214 g/mol. The summed E-state index contributed by atoms with van der Waals surface area (Å²) in [6.45, 7) is 1.34. The van der Waals surface area contributed by atoms with Gasteiger partial charge in [-0.1, -0.05) is 0 Å². The van der Waals surface area contributed by atoms with Crippen molar-refractivity contribution in [2.75, 3.05) is 14.2 Å². The van der Waals surface area contributed by atoms with Gasteiger partial charge in [-0.05, 0) is 25.1 Å². The Labute approximate surface area is 87.1 Å². The van der Waals surface area contributed by atoms with E-state index in [4.69, 9.17) is 9.47 Å². The molecule has 0 aromatic heterocycles. The molecule has 4 heteroatoms. The topological polar surface area (TPSA) is 18.5 Å². The van der Waals surface area contributed by atoms with E-state index in [2.05, 4.69) is 0 Å². The quantitative estimate of drug-likeness (QED) is 0.768. The lowest BCUT2D eigenvalue weighted by molar-refractivity contribution is 0.399. The molecule has 1 aromatic rings. The molecule has 15 heavy (non-hydrogen) atoms. The largest absolute Gasteiger partial charge is 0.497 e. The fourth-order valence-corrected chi connectivity index (χ4v) is 1.21. The molecule has 0 aliphatic rings. The molecule has 0 spiro atoms. The van der Waals surface area contributed by atoms with Crippen LogP contribution in [0.2, 0.25) is 0 Å². The second kappa shape index (κ2) is 4.77. The maximum atomic E-state index is 12.4. The average molecular weight is 214 g/mol. The zero-order valence-electron chi connectivity index (χ0n) is 8.80. The van der Waals surface area contributed by atoms with Crippen molar-refractivity contribution in [2.45, 2.75) is 6.92 Å². The molecule has 1 rings (SSSR count). The Morgan fingerprint density at radius 3 is 2.27 bits per heavy atom. The summed E-state index contributed by atoms with van der Waals surface area (Å²) in [6.07, 6.45) is -1.72. The van der Waals surface area contributed by atoms with Gasteiger partial charge in [-0.2, -0.15) is 8.78 Å². The highest BCUT2D eigenvalue weighted by Gasteiger charge is 2.10.